The Hall–Kier alpha value is 4.77. The molecule has 0 atom stereocenters. The van der Waals surface area contributed by atoms with Crippen molar-refractivity contribution in [2.45, 2.75) is 0 Å². The summed E-state index contributed by atoms with van der Waals surface area (Å²) < 4.78 is 8.34. The maximum atomic E-state index is 8.34. The molecule has 1 radical (unpaired) electrons. The summed E-state index contributed by atoms with van der Waals surface area (Å²) in [5.41, 5.74) is 0. The molecule has 5 heavy (non-hydrogen) atoms. The van der Waals surface area contributed by atoms with Crippen LogP contribution in [0, 0.1) is 124 Å². The zero-order valence-electron chi connectivity index (χ0n) is 2.49. The van der Waals surface area contributed by atoms with E-state index in [9.17, 15) is 0 Å². The van der Waals surface area contributed by atoms with Crippen molar-refractivity contribution in [3.63, 3.8) is 0 Å². The Bertz CT molecular complexity index is 11.6. The quantitative estimate of drug-likeness (QED) is 0.426. The first-order valence-corrected chi connectivity index (χ1v) is 1.21. The third-order valence-electron chi connectivity index (χ3n) is 0. The van der Waals surface area contributed by atoms with Crippen molar-refractivity contribution in [3.05, 3.63) is 0 Å². The zero-order valence-corrected chi connectivity index (χ0v) is 15.0. The molecule has 0 aromatic rings. The Morgan fingerprint density at radius 2 is 1.20 bits per heavy atom. The van der Waals surface area contributed by atoms with E-state index >= 15 is 0 Å². The summed E-state index contributed by atoms with van der Waals surface area (Å²) in [5.74, 6) is 0. The molecule has 0 amide bonds. The van der Waals surface area contributed by atoms with Gasteiger partial charge in [0.15, 0.2) is 0 Å². The first-order chi connectivity index (χ1) is 1.00. The van der Waals surface area contributed by atoms with Crippen LogP contribution in [0.15, 0.2) is 0 Å². The van der Waals surface area contributed by atoms with Gasteiger partial charge in [-0.25, -0.2) is 0 Å². The largest absolute Gasteiger partial charge is 0 e. The van der Waals surface area contributed by atoms with E-state index in [-0.39, 0.29) is 124 Å². The van der Waals surface area contributed by atoms with E-state index in [1.165, 1.54) is 0 Å². The van der Waals surface area contributed by atoms with Crippen LogP contribution in [0.25, 0.3) is 0 Å². The molecule has 1 nitrogen and oxygen atoms in total. The van der Waals surface area contributed by atoms with Crippen molar-refractivity contribution < 1.29 is 151 Å². The Morgan fingerprint density at radius 3 is 1.20 bits per heavy atom. The van der Waals surface area contributed by atoms with Gasteiger partial charge in [0, 0.05) is 124 Å². The van der Waals surface area contributed by atoms with Gasteiger partial charge in [-0.15, -0.1) is 0 Å². The standard InChI is InChI=1S/Ce.Nd.O.Pr.Zr. The van der Waals surface area contributed by atoms with Gasteiger partial charge in [-0.1, -0.05) is 0 Å². The van der Waals surface area contributed by atoms with E-state index in [2.05, 4.69) is 0 Å². The summed E-state index contributed by atoms with van der Waals surface area (Å²) in [7, 11) is 0. The van der Waals surface area contributed by atoms with Crippen molar-refractivity contribution in [2.24, 2.45) is 0 Å². The van der Waals surface area contributed by atoms with E-state index in [0.717, 1.165) is 0 Å². The van der Waals surface area contributed by atoms with E-state index < -0.39 is 0 Å². The fraction of sp³-hybridized carbons (Fsp3) is 0. The monoisotopic (exact) mass is 529 g/mol. The number of hydrogen-bond acceptors (Lipinski definition) is 1. The molecule has 0 aliphatic rings. The molecule has 0 rings (SSSR count). The van der Waals surface area contributed by atoms with Gasteiger partial charge in [-0.05, 0) is 0 Å². The Balaban J connectivity index is -0.00000000167. The van der Waals surface area contributed by atoms with Gasteiger partial charge < -0.3 is 0 Å². The first-order valence-electron chi connectivity index (χ1n) is 0.204. The Labute approximate surface area is 146 Å². The number of hydrogen-bond donors (Lipinski definition) is 0. The van der Waals surface area contributed by atoms with Crippen LogP contribution in [-0.4, -0.2) is 0 Å². The van der Waals surface area contributed by atoms with Gasteiger partial charge in [0.1, 0.15) is 0 Å². The van der Waals surface area contributed by atoms with Gasteiger partial charge in [0.25, 0.3) is 0 Å². The van der Waals surface area contributed by atoms with Crippen LogP contribution in [0.5, 0.6) is 0 Å². The molecule has 0 unspecified atom stereocenters. The second-order valence-electron chi connectivity index (χ2n) is 0. The molecule has 5 heteroatoms. The van der Waals surface area contributed by atoms with Crippen molar-refractivity contribution >= 4 is 0 Å². The molecule has 0 aliphatic carbocycles. The van der Waals surface area contributed by atoms with Gasteiger partial charge in [-0.3, -0.25) is 0 Å². The molecule has 0 saturated carbocycles. The van der Waals surface area contributed by atoms with Crippen molar-refractivity contribution in [2.75, 3.05) is 0 Å². The van der Waals surface area contributed by atoms with Crippen LogP contribution in [-0.2, 0) is 27.5 Å². The molecule has 21 valence electrons. The van der Waals surface area contributed by atoms with Crippen LogP contribution in [0.4, 0.5) is 0 Å². The van der Waals surface area contributed by atoms with Crippen molar-refractivity contribution in [3.8, 4) is 0 Å². The van der Waals surface area contributed by atoms with Gasteiger partial charge in [0.2, 0.25) is 0 Å². The minimum Gasteiger partial charge on any atom is 0 e. The SMILES string of the molecule is [Ce].[Nd].[O]=[Zr].[Pr]. The summed E-state index contributed by atoms with van der Waals surface area (Å²) in [4.78, 5) is 0. The van der Waals surface area contributed by atoms with Crippen LogP contribution in [0.2, 0.25) is 0 Å². The van der Waals surface area contributed by atoms with Gasteiger partial charge in [0.05, 0.1) is 0 Å². The molecular formula is CeNdOPrZr. The maximum absolute atomic E-state index is 8.34. The molecule has 0 spiro atoms. The molecule has 0 aliphatic heterocycles. The predicted molar refractivity (Wildman–Crippen MR) is 0.686 cm³/mol. The van der Waals surface area contributed by atoms with Crippen LogP contribution in [0.1, 0.15) is 0 Å². The normalized spacial score (nSPS) is 0.600. The van der Waals surface area contributed by atoms with Crippen LogP contribution in [0.3, 0.4) is 0 Å². The third-order valence-corrected chi connectivity index (χ3v) is 0. The fourth-order valence-corrected chi connectivity index (χ4v) is 0. The smallest absolute Gasteiger partial charge is 0 e. The Kier molecular flexibility index (Phi) is 105. The third kappa shape index (κ3) is 17.7. The average Bonchev–Trinajstić information content (AvgIpc) is 1.00. The zero-order chi connectivity index (χ0) is 2.00. The van der Waals surface area contributed by atoms with E-state index in [1.54, 1.807) is 0 Å². The molecular weight excluding hydrogens is 532 g/mol. The molecule has 0 bridgehead atoms. The second-order valence-corrected chi connectivity index (χ2v) is 0. The predicted octanol–water partition coefficient (Wildman–Crippen LogP) is -0.121. The molecule has 0 fully saturated rings. The average molecular weight is 532 g/mol. The molecule has 0 N–H and O–H groups in total. The molecule has 0 heterocycles. The van der Waals surface area contributed by atoms with Crippen molar-refractivity contribution in [1.29, 1.82) is 0 Å². The molecule has 0 aromatic heterocycles. The summed E-state index contributed by atoms with van der Waals surface area (Å²) in [6.07, 6.45) is 0. The van der Waals surface area contributed by atoms with E-state index in [4.69, 9.17) is 2.81 Å². The van der Waals surface area contributed by atoms with Crippen LogP contribution < -0.4 is 0 Å². The summed E-state index contributed by atoms with van der Waals surface area (Å²) in [6, 6.07) is 0. The Morgan fingerprint density at radius 1 is 1.20 bits per heavy atom. The maximum Gasteiger partial charge on any atom is 0 e. The molecule has 0 saturated heterocycles. The minimum atomic E-state index is 0. The fourth-order valence-electron chi connectivity index (χ4n) is 0. The summed E-state index contributed by atoms with van der Waals surface area (Å²) in [6.45, 7) is 0. The summed E-state index contributed by atoms with van der Waals surface area (Å²) >= 11 is 0.300. The van der Waals surface area contributed by atoms with E-state index in [1.807, 2.05) is 0 Å². The number of rotatable bonds is 0. The molecule has 0 aromatic carbocycles. The van der Waals surface area contributed by atoms with Crippen LogP contribution >= 0.6 is 0 Å². The minimum absolute atomic E-state index is 0. The van der Waals surface area contributed by atoms with Gasteiger partial charge in [-0.2, -0.15) is 0 Å². The second kappa shape index (κ2) is 23.3. The van der Waals surface area contributed by atoms with Crippen molar-refractivity contribution in [1.82, 2.24) is 0 Å². The van der Waals surface area contributed by atoms with Gasteiger partial charge >= 0.3 is 27.5 Å². The summed E-state index contributed by atoms with van der Waals surface area (Å²) in [5, 5.41) is 0. The van der Waals surface area contributed by atoms with E-state index in [0.29, 0.717) is 24.7 Å². The topological polar surface area (TPSA) is 17.1 Å². The first kappa shape index (κ1) is 22.6.